The van der Waals surface area contributed by atoms with E-state index in [0.717, 1.165) is 6.08 Å². The van der Waals surface area contributed by atoms with E-state index in [1.807, 2.05) is 6.07 Å². The van der Waals surface area contributed by atoms with Crippen LogP contribution in [-0.2, 0) is 17.8 Å². The molecule has 0 saturated carbocycles. The van der Waals surface area contributed by atoms with Crippen LogP contribution in [0.2, 0.25) is 5.02 Å². The number of carbonyl (C=O) groups is 1. The molecule has 2 heterocycles. The van der Waals surface area contributed by atoms with E-state index in [9.17, 15) is 10.1 Å². The molecule has 0 aliphatic heterocycles. The number of nitrogens with zero attached hydrogens (tertiary/aromatic N) is 4. The summed E-state index contributed by atoms with van der Waals surface area (Å²) in [6.45, 7) is -8.33. The van der Waals surface area contributed by atoms with Crippen LogP contribution in [-0.4, -0.2) is 47.8 Å². The molecular weight excluding hydrogens is 526 g/mol. The molecule has 2 aromatic carbocycles. The van der Waals surface area contributed by atoms with Gasteiger partial charge in [0.2, 0.25) is 0 Å². The summed E-state index contributed by atoms with van der Waals surface area (Å²) in [6, 6.07) is 14.3. The second-order valence-corrected chi connectivity index (χ2v) is 9.04. The number of ketones is 1. The molecule has 1 N–H and O–H groups in total. The molecule has 40 heavy (non-hydrogen) atoms. The number of allylic oxidation sites excluding steroid dienone is 1. The van der Waals surface area contributed by atoms with Crippen LogP contribution in [0.4, 0.5) is 11.4 Å². The van der Waals surface area contributed by atoms with E-state index in [0.29, 0.717) is 17.1 Å². The Kier molecular flexibility index (Phi) is 6.64. The number of aromatic nitrogens is 2. The normalized spacial score (nSPS) is 15.3. The van der Waals surface area contributed by atoms with E-state index in [2.05, 4.69) is 21.4 Å². The largest absolute Gasteiger partial charge is 0.494 e. The van der Waals surface area contributed by atoms with Gasteiger partial charge in [-0.15, -0.1) is 0 Å². The minimum atomic E-state index is -3.21. The third-order valence-corrected chi connectivity index (χ3v) is 5.84. The Balaban J connectivity index is 1.77. The van der Waals surface area contributed by atoms with Crippen LogP contribution in [0.5, 0.6) is 11.5 Å². The molecule has 0 aliphatic rings. The lowest BCUT2D eigenvalue weighted by Crippen LogP contribution is -2.11. The van der Waals surface area contributed by atoms with Gasteiger partial charge in [0, 0.05) is 54.9 Å². The molecule has 204 valence electrons. The third-order valence-electron chi connectivity index (χ3n) is 5.54. The van der Waals surface area contributed by atoms with Crippen LogP contribution in [0.1, 0.15) is 34.6 Å². The number of nitriles is 1. The van der Waals surface area contributed by atoms with Gasteiger partial charge in [0.05, 0.1) is 38.2 Å². The standard InChI is InChI=1S/C31H30ClN5O3/c1-4-39-30-17-28-26(15-21(30)14-25(38)9-7-13-37(2)3)31(22(18-33)19-35-28)36-23-10-11-29(27(32)16-23)40-20-24-8-5-6-12-34-24/h5-12,15-17,19H,4,13-14,20H2,1-3H3,(H,35,36)/b9-7+/i1D3,4D2,9D,13D2. The summed E-state index contributed by atoms with van der Waals surface area (Å²) in [6.07, 6.45) is 3.14. The molecule has 8 nitrogen and oxygen atoms in total. The number of rotatable bonds is 12. The van der Waals surface area contributed by atoms with E-state index in [-0.39, 0.29) is 45.1 Å². The van der Waals surface area contributed by atoms with E-state index >= 15 is 0 Å². The van der Waals surface area contributed by atoms with Crippen molar-refractivity contribution in [1.29, 1.82) is 5.26 Å². The molecule has 0 aliphatic carbocycles. The number of hydrogen-bond acceptors (Lipinski definition) is 8. The fourth-order valence-electron chi connectivity index (χ4n) is 3.71. The molecule has 0 bridgehead atoms. The summed E-state index contributed by atoms with van der Waals surface area (Å²) in [5, 5.41) is 13.6. The quantitative estimate of drug-likeness (QED) is 0.206. The van der Waals surface area contributed by atoms with Crippen molar-refractivity contribution in [2.75, 3.05) is 32.5 Å². The molecule has 0 saturated heterocycles. The molecule has 0 amide bonds. The highest BCUT2D eigenvalue weighted by molar-refractivity contribution is 6.32. The second-order valence-electron chi connectivity index (χ2n) is 8.63. The lowest BCUT2D eigenvalue weighted by atomic mass is 10.0. The van der Waals surface area contributed by atoms with Gasteiger partial charge >= 0.3 is 0 Å². The number of nitrogens with one attached hydrogen (secondary N) is 1. The Morgan fingerprint density at radius 1 is 1.23 bits per heavy atom. The number of hydrogen-bond donors (Lipinski definition) is 1. The predicted molar refractivity (Wildman–Crippen MR) is 157 cm³/mol. The van der Waals surface area contributed by atoms with Gasteiger partial charge in [-0.1, -0.05) is 23.7 Å². The van der Waals surface area contributed by atoms with Gasteiger partial charge in [0.15, 0.2) is 5.78 Å². The first-order chi connectivity index (χ1) is 22.4. The van der Waals surface area contributed by atoms with Crippen molar-refractivity contribution in [1.82, 2.24) is 14.9 Å². The first-order valence-electron chi connectivity index (χ1n) is 16.0. The van der Waals surface area contributed by atoms with Crippen molar-refractivity contribution in [2.24, 2.45) is 0 Å². The Morgan fingerprint density at radius 3 is 2.83 bits per heavy atom. The van der Waals surface area contributed by atoms with Crippen LogP contribution < -0.4 is 14.8 Å². The number of halogens is 1. The number of fused-ring (bicyclic) bond motifs is 1. The number of anilines is 2. The number of pyridine rings is 2. The average Bonchev–Trinajstić information content (AvgIpc) is 3.00. The number of ether oxygens (including phenoxy) is 2. The zero-order valence-electron chi connectivity index (χ0n) is 29.7. The van der Waals surface area contributed by atoms with Crippen LogP contribution >= 0.6 is 11.6 Å². The van der Waals surface area contributed by atoms with E-state index in [4.69, 9.17) is 32.0 Å². The van der Waals surface area contributed by atoms with Crippen LogP contribution in [0.15, 0.2) is 73.1 Å². The van der Waals surface area contributed by atoms with Crippen molar-refractivity contribution < 1.29 is 25.2 Å². The summed E-state index contributed by atoms with van der Waals surface area (Å²) in [4.78, 5) is 22.8. The van der Waals surface area contributed by atoms with E-state index < -0.39 is 38.2 Å². The lowest BCUT2D eigenvalue weighted by Gasteiger charge is -2.16. The summed E-state index contributed by atoms with van der Waals surface area (Å²) in [5.74, 6) is -0.802. The van der Waals surface area contributed by atoms with Crippen LogP contribution in [0.3, 0.4) is 0 Å². The molecule has 0 fully saturated rings. The predicted octanol–water partition coefficient (Wildman–Crippen LogP) is 6.11. The van der Waals surface area contributed by atoms with Gasteiger partial charge in [-0.25, -0.2) is 0 Å². The number of benzene rings is 2. The van der Waals surface area contributed by atoms with Crippen molar-refractivity contribution in [3.8, 4) is 17.6 Å². The van der Waals surface area contributed by atoms with Crippen molar-refractivity contribution in [2.45, 2.75) is 19.9 Å². The molecule has 4 rings (SSSR count). The lowest BCUT2D eigenvalue weighted by molar-refractivity contribution is -0.114. The monoisotopic (exact) mass is 563 g/mol. The van der Waals surface area contributed by atoms with Crippen molar-refractivity contribution in [3.05, 3.63) is 94.9 Å². The number of carbonyl (C=O) groups excluding carboxylic acids is 1. The van der Waals surface area contributed by atoms with Gasteiger partial charge < -0.3 is 19.7 Å². The minimum Gasteiger partial charge on any atom is -0.494 e. The fourth-order valence-corrected chi connectivity index (χ4v) is 3.95. The highest BCUT2D eigenvalue weighted by Crippen LogP contribution is 2.36. The van der Waals surface area contributed by atoms with Gasteiger partial charge in [-0.05, 0) is 63.4 Å². The summed E-state index contributed by atoms with van der Waals surface area (Å²) in [7, 11) is 2.87. The van der Waals surface area contributed by atoms with Gasteiger partial charge in [-0.3, -0.25) is 14.8 Å². The van der Waals surface area contributed by atoms with E-state index in [1.165, 1.54) is 37.3 Å². The molecular formula is C31H30ClN5O3. The SMILES string of the molecule is [2H]/C(=C\C([2H])([2H])N(C)C)C(=O)Cc1cc2c(Nc3ccc(OCc4ccccn4)c(Cl)c3)c(C#N)cnc2cc1OC([2H])([2H])C([2H])([2H])[2H]. The zero-order chi connectivity index (χ0) is 35.4. The molecule has 0 atom stereocenters. The first-order valence-corrected chi connectivity index (χ1v) is 12.3. The van der Waals surface area contributed by atoms with Crippen LogP contribution in [0.25, 0.3) is 10.9 Å². The summed E-state index contributed by atoms with van der Waals surface area (Å²) >= 11 is 6.50. The number of likely N-dealkylation sites (N-methyl/N-ethyl adjacent to an activating group) is 1. The van der Waals surface area contributed by atoms with Crippen LogP contribution in [0, 0.1) is 11.3 Å². The van der Waals surface area contributed by atoms with Gasteiger partial charge in [-0.2, -0.15) is 5.26 Å². The zero-order valence-corrected chi connectivity index (χ0v) is 22.4. The summed E-state index contributed by atoms with van der Waals surface area (Å²) in [5.41, 5.74) is 1.62. The average molecular weight is 564 g/mol. The Labute approximate surface area is 250 Å². The van der Waals surface area contributed by atoms with Crippen molar-refractivity contribution in [3.63, 3.8) is 0 Å². The highest BCUT2D eigenvalue weighted by Gasteiger charge is 2.16. The maximum Gasteiger partial charge on any atom is 0.159 e. The van der Waals surface area contributed by atoms with Gasteiger partial charge in [0.25, 0.3) is 0 Å². The molecule has 4 aromatic rings. The Morgan fingerprint density at radius 2 is 2.10 bits per heavy atom. The van der Waals surface area contributed by atoms with Gasteiger partial charge in [0.1, 0.15) is 24.2 Å². The topological polar surface area (TPSA) is 100 Å². The fraction of sp³-hybridized carbons (Fsp3) is 0.226. The first kappa shape index (κ1) is 19.6. The Hall–Kier alpha value is -4.45. The summed E-state index contributed by atoms with van der Waals surface area (Å²) < 4.78 is 74.1. The minimum absolute atomic E-state index is 0.0274. The second kappa shape index (κ2) is 13.6. The molecule has 0 unspecified atom stereocenters. The maximum absolute atomic E-state index is 13.2. The smallest absolute Gasteiger partial charge is 0.159 e. The molecule has 0 spiro atoms. The maximum atomic E-state index is 13.2. The highest BCUT2D eigenvalue weighted by atomic mass is 35.5. The molecule has 2 aromatic heterocycles. The Bertz CT molecular complexity index is 1900. The van der Waals surface area contributed by atoms with E-state index in [1.54, 1.807) is 36.5 Å². The molecule has 9 heteroatoms. The molecule has 0 radical (unpaired) electrons. The van der Waals surface area contributed by atoms with Crippen molar-refractivity contribution >= 4 is 39.7 Å². The third kappa shape index (κ3) is 7.35.